The third kappa shape index (κ3) is 8.81. The van der Waals surface area contributed by atoms with Crippen LogP contribution in [0.2, 0.25) is 0 Å². The van der Waals surface area contributed by atoms with E-state index in [-0.39, 0.29) is 50.3 Å². The molecular weight excluding hydrogens is 825 g/mol. The predicted molar refractivity (Wildman–Crippen MR) is 235 cm³/mol. The van der Waals surface area contributed by atoms with Gasteiger partial charge in [-0.25, -0.2) is 9.97 Å². The molecule has 3 amide bonds. The van der Waals surface area contributed by atoms with Crippen LogP contribution >= 0.6 is 0 Å². The van der Waals surface area contributed by atoms with Crippen LogP contribution in [0.4, 0.5) is 11.9 Å². The monoisotopic (exact) mass is 874 g/mol. The highest BCUT2D eigenvalue weighted by atomic mass is 16.5. The van der Waals surface area contributed by atoms with Gasteiger partial charge >= 0.3 is 5.97 Å². The lowest BCUT2D eigenvalue weighted by molar-refractivity contribution is -0.142. The molecule has 4 N–H and O–H groups in total. The number of anilines is 2. The molecule has 1 fully saturated rings. The molecular formula is C44H50N12O8. The predicted octanol–water partition coefficient (Wildman–Crippen LogP) is 4.45. The number of hydrogen-bond acceptors (Lipinski definition) is 12. The quantitative estimate of drug-likeness (QED) is 0.0984. The molecule has 6 heterocycles. The van der Waals surface area contributed by atoms with Gasteiger partial charge in [-0.2, -0.15) is 10.2 Å². The number of carbonyl (C=O) groups excluding carboxylic acids is 4. The van der Waals surface area contributed by atoms with E-state index >= 15 is 0 Å². The Hall–Kier alpha value is -7.35. The molecule has 20 heteroatoms. The van der Waals surface area contributed by atoms with E-state index in [1.807, 2.05) is 44.7 Å². The molecule has 4 aromatic heterocycles. The van der Waals surface area contributed by atoms with Crippen LogP contribution < -0.4 is 25.4 Å². The van der Waals surface area contributed by atoms with Gasteiger partial charge in [-0.15, -0.1) is 0 Å². The van der Waals surface area contributed by atoms with Crippen molar-refractivity contribution in [3.63, 3.8) is 0 Å². The van der Waals surface area contributed by atoms with Crippen molar-refractivity contribution >= 4 is 63.9 Å². The number of rotatable bonds is 12. The van der Waals surface area contributed by atoms with E-state index in [0.29, 0.717) is 107 Å². The first kappa shape index (κ1) is 43.3. The van der Waals surface area contributed by atoms with Crippen molar-refractivity contribution in [1.29, 1.82) is 0 Å². The van der Waals surface area contributed by atoms with Crippen LogP contribution in [0.1, 0.15) is 86.2 Å². The van der Waals surface area contributed by atoms with Gasteiger partial charge in [0.2, 0.25) is 11.9 Å². The van der Waals surface area contributed by atoms with E-state index in [4.69, 9.17) is 19.4 Å². The molecule has 0 spiro atoms. The maximum atomic E-state index is 13.9. The summed E-state index contributed by atoms with van der Waals surface area (Å²) >= 11 is 0. The van der Waals surface area contributed by atoms with E-state index < -0.39 is 29.7 Å². The number of ether oxygens (including phenoxy) is 2. The van der Waals surface area contributed by atoms with Crippen molar-refractivity contribution in [3.05, 3.63) is 82.5 Å². The average molecular weight is 875 g/mol. The van der Waals surface area contributed by atoms with Gasteiger partial charge in [-0.05, 0) is 83.5 Å². The number of carboxylic acids is 1. The minimum absolute atomic E-state index is 0.144. The molecule has 2 aliphatic heterocycles. The Morgan fingerprint density at radius 3 is 1.88 bits per heavy atom. The summed E-state index contributed by atoms with van der Waals surface area (Å²) in [5.41, 5.74) is 4.59. The van der Waals surface area contributed by atoms with Crippen molar-refractivity contribution < 1.29 is 38.6 Å². The number of aliphatic carboxylic acids is 1. The molecule has 2 aromatic carbocycles. The van der Waals surface area contributed by atoms with Gasteiger partial charge in [0.15, 0.2) is 0 Å². The van der Waals surface area contributed by atoms with Crippen LogP contribution in [0.15, 0.2) is 48.6 Å². The third-order valence-corrected chi connectivity index (χ3v) is 11.2. The summed E-state index contributed by atoms with van der Waals surface area (Å²) in [5.74, 6) is -0.967. The fraction of sp³-hybridized carbons (Fsp3) is 0.386. The normalized spacial score (nSPS) is 16.1. The molecule has 1 saturated heterocycles. The number of likely N-dealkylation sites (tertiary alicyclic amines) is 1. The van der Waals surface area contributed by atoms with Gasteiger partial charge in [0.05, 0.1) is 35.6 Å². The zero-order chi connectivity index (χ0) is 45.1. The number of aromatic nitrogens is 8. The highest BCUT2D eigenvalue weighted by Crippen LogP contribution is 2.34. The van der Waals surface area contributed by atoms with Crippen LogP contribution in [0.5, 0.6) is 11.5 Å². The Morgan fingerprint density at radius 1 is 0.766 bits per heavy atom. The fourth-order valence-electron chi connectivity index (χ4n) is 8.29. The van der Waals surface area contributed by atoms with Gasteiger partial charge in [-0.3, -0.25) is 48.9 Å². The van der Waals surface area contributed by atoms with Gasteiger partial charge in [0.25, 0.3) is 17.7 Å². The standard InChI is InChI=1S/C44H50N12O8/c1-5-55-33(19-26(3)50-55)40(59)48-43-46-30-21-28(25-57)22-35-37(30)53(43)14-7-8-15-54-38-31(47-44(54)49-41(60)34-20-27(4)51-56(34)6-2)23-29(24-36(38)64-18-10-17-63-35)39(58)45-12-16-52-13-9-11-32(52)42(61)62/h7-8,19-25,32H,5-6,9-18H2,1-4H3,(H,45,58)(H,61,62)(H,46,48,59)(H,47,49,60)/b8-7+. The van der Waals surface area contributed by atoms with E-state index in [9.17, 15) is 29.1 Å². The first-order valence-electron chi connectivity index (χ1n) is 21.4. The van der Waals surface area contributed by atoms with Crippen LogP contribution in [0, 0.1) is 13.8 Å². The molecule has 334 valence electrons. The SMILES string of the molecule is CCn1nc(C)cc1C(=O)Nc1nc2cc(C=O)cc3c2n1C/C=C/Cn1c(NC(=O)c2cc(C)nn2CC)nc2cc(C(=O)NCCN4CCCC4C(=O)O)cc(c21)OCCCO3. The zero-order valence-corrected chi connectivity index (χ0v) is 36.1. The summed E-state index contributed by atoms with van der Waals surface area (Å²) in [6.45, 7) is 10.3. The molecule has 64 heavy (non-hydrogen) atoms. The van der Waals surface area contributed by atoms with Crippen molar-refractivity contribution in [3.8, 4) is 11.5 Å². The van der Waals surface area contributed by atoms with Gasteiger partial charge in [0, 0.05) is 56.8 Å². The maximum Gasteiger partial charge on any atom is 0.320 e. The Bertz CT molecular complexity index is 2810. The van der Waals surface area contributed by atoms with E-state index in [0.717, 1.165) is 6.42 Å². The second-order valence-corrected chi connectivity index (χ2v) is 15.6. The summed E-state index contributed by atoms with van der Waals surface area (Å²) in [5, 5.41) is 27.3. The molecule has 0 saturated carbocycles. The van der Waals surface area contributed by atoms with E-state index in [1.165, 1.54) is 0 Å². The molecule has 0 radical (unpaired) electrons. The number of amides is 3. The lowest BCUT2D eigenvalue weighted by Gasteiger charge is -2.21. The van der Waals surface area contributed by atoms with Crippen molar-refractivity contribution in [1.82, 2.24) is 48.9 Å². The smallest absolute Gasteiger partial charge is 0.320 e. The summed E-state index contributed by atoms with van der Waals surface area (Å²) < 4.78 is 19.5. The molecule has 1 unspecified atom stereocenters. The Morgan fingerprint density at radius 2 is 1.33 bits per heavy atom. The summed E-state index contributed by atoms with van der Waals surface area (Å²) in [6, 6.07) is 9.35. The minimum Gasteiger partial charge on any atom is -0.491 e. The Kier molecular flexibility index (Phi) is 12.6. The van der Waals surface area contributed by atoms with Crippen LogP contribution in [-0.4, -0.2) is 118 Å². The fourth-order valence-corrected chi connectivity index (χ4v) is 8.29. The third-order valence-electron chi connectivity index (χ3n) is 11.2. The van der Waals surface area contributed by atoms with Gasteiger partial charge < -0.3 is 29.0 Å². The number of carbonyl (C=O) groups is 5. The van der Waals surface area contributed by atoms with Gasteiger partial charge in [-0.1, -0.05) is 12.2 Å². The summed E-state index contributed by atoms with van der Waals surface area (Å²) in [7, 11) is 0. The number of carboxylic acid groups (broad SMARTS) is 1. The first-order valence-corrected chi connectivity index (χ1v) is 21.4. The molecule has 2 aliphatic rings. The first-order chi connectivity index (χ1) is 31.0. The zero-order valence-electron chi connectivity index (χ0n) is 36.1. The minimum atomic E-state index is -0.875. The second-order valence-electron chi connectivity index (χ2n) is 15.6. The molecule has 20 nitrogen and oxygen atoms in total. The number of aldehydes is 1. The Labute approximate surface area is 367 Å². The van der Waals surface area contributed by atoms with E-state index in [1.54, 1.807) is 54.9 Å². The highest BCUT2D eigenvalue weighted by Gasteiger charge is 2.30. The van der Waals surface area contributed by atoms with E-state index in [2.05, 4.69) is 26.1 Å². The number of nitrogens with one attached hydrogen (secondary N) is 3. The molecule has 0 aliphatic carbocycles. The number of aryl methyl sites for hydroxylation is 4. The number of hydrogen-bond donors (Lipinski definition) is 4. The van der Waals surface area contributed by atoms with Crippen LogP contribution in [0.25, 0.3) is 22.1 Å². The van der Waals surface area contributed by atoms with Crippen LogP contribution in [-0.2, 0) is 31.0 Å². The number of imidazole rings is 2. The largest absolute Gasteiger partial charge is 0.491 e. The lowest BCUT2D eigenvalue weighted by Crippen LogP contribution is -2.41. The summed E-state index contributed by atoms with van der Waals surface area (Å²) in [4.78, 5) is 76.5. The number of allylic oxidation sites excluding steroid dienone is 2. The molecule has 6 aromatic rings. The Balaban J connectivity index is 1.16. The molecule has 8 rings (SSSR count). The van der Waals surface area contributed by atoms with Crippen LogP contribution in [0.3, 0.4) is 0 Å². The lowest BCUT2D eigenvalue weighted by atomic mass is 10.1. The van der Waals surface area contributed by atoms with Crippen molar-refractivity contribution in [2.75, 3.05) is 43.5 Å². The average Bonchev–Trinajstić information content (AvgIpc) is 4.11. The molecule has 0 bridgehead atoms. The molecule has 1 atom stereocenters. The maximum absolute atomic E-state index is 13.9. The topological polar surface area (TPSA) is 235 Å². The highest BCUT2D eigenvalue weighted by molar-refractivity contribution is 6.05. The van der Waals surface area contributed by atoms with Gasteiger partial charge in [0.1, 0.15) is 46.2 Å². The van der Waals surface area contributed by atoms with Crippen molar-refractivity contribution in [2.24, 2.45) is 0 Å². The second kappa shape index (κ2) is 18.6. The number of nitrogens with zero attached hydrogens (tertiary/aromatic N) is 9. The summed E-state index contributed by atoms with van der Waals surface area (Å²) in [6.07, 6.45) is 6.17. The van der Waals surface area contributed by atoms with Crippen molar-refractivity contribution in [2.45, 2.75) is 79.2 Å². The number of benzene rings is 2.